The molecule has 1 aliphatic rings. The number of aromatic amines is 1. The quantitative estimate of drug-likeness (QED) is 0.822. The molecule has 0 saturated carbocycles. The van der Waals surface area contributed by atoms with Crippen molar-refractivity contribution in [2.45, 2.75) is 25.8 Å². The molecule has 2 atom stereocenters. The summed E-state index contributed by atoms with van der Waals surface area (Å²) in [4.78, 5) is 38.5. The number of carboxylic acids is 1. The number of hydrogen-bond acceptors (Lipinski definition) is 3. The van der Waals surface area contributed by atoms with Crippen molar-refractivity contribution in [1.82, 2.24) is 9.88 Å². The number of aromatic nitrogens is 1. The van der Waals surface area contributed by atoms with E-state index < -0.39 is 11.9 Å². The van der Waals surface area contributed by atoms with E-state index >= 15 is 0 Å². The molecule has 1 aliphatic heterocycles. The number of carbonyl (C=O) groups excluding carboxylic acids is 1. The number of rotatable bonds is 2. The van der Waals surface area contributed by atoms with Gasteiger partial charge in [-0.05, 0) is 25.8 Å². The van der Waals surface area contributed by atoms with Gasteiger partial charge < -0.3 is 15.0 Å². The fourth-order valence-corrected chi connectivity index (χ4v) is 2.44. The van der Waals surface area contributed by atoms with Crippen LogP contribution >= 0.6 is 0 Å². The van der Waals surface area contributed by atoms with Crippen LogP contribution < -0.4 is 5.56 Å². The van der Waals surface area contributed by atoms with E-state index in [2.05, 4.69) is 4.98 Å². The van der Waals surface area contributed by atoms with Gasteiger partial charge in [-0.2, -0.15) is 0 Å². The van der Waals surface area contributed by atoms with Crippen molar-refractivity contribution in [3.8, 4) is 0 Å². The summed E-state index contributed by atoms with van der Waals surface area (Å²) >= 11 is 0. The number of carboxylic acid groups (broad SMARTS) is 1. The van der Waals surface area contributed by atoms with Crippen LogP contribution in [-0.2, 0) is 4.79 Å². The summed E-state index contributed by atoms with van der Waals surface area (Å²) in [7, 11) is 0. The van der Waals surface area contributed by atoms with Crippen molar-refractivity contribution >= 4 is 11.9 Å². The standard InChI is InChI=1S/C13H16N2O4/c1-8-6-10(13(18)19)3-5-15(8)12(17)9-2-4-14-11(16)7-9/h2,4,7-8,10H,3,5-6H2,1H3,(H,14,16)(H,18,19). The highest BCUT2D eigenvalue weighted by Gasteiger charge is 2.32. The Bertz CT molecular complexity index is 552. The number of nitrogens with one attached hydrogen (secondary N) is 1. The highest BCUT2D eigenvalue weighted by atomic mass is 16.4. The van der Waals surface area contributed by atoms with Crippen LogP contribution in [0.15, 0.2) is 23.1 Å². The third-order valence-electron chi connectivity index (χ3n) is 3.51. The molecule has 0 bridgehead atoms. The van der Waals surface area contributed by atoms with E-state index in [1.807, 2.05) is 6.92 Å². The molecule has 2 rings (SSSR count). The van der Waals surface area contributed by atoms with E-state index in [1.54, 1.807) is 11.0 Å². The molecule has 1 aromatic rings. The van der Waals surface area contributed by atoms with Crippen LogP contribution in [0.2, 0.25) is 0 Å². The summed E-state index contributed by atoms with van der Waals surface area (Å²) in [5, 5.41) is 8.99. The SMILES string of the molecule is CC1CC(C(=O)O)CCN1C(=O)c1cc[nH]c(=O)c1. The summed E-state index contributed by atoms with van der Waals surface area (Å²) < 4.78 is 0. The minimum atomic E-state index is -0.810. The Morgan fingerprint density at radius 3 is 2.79 bits per heavy atom. The number of nitrogens with zero attached hydrogens (tertiary/aromatic N) is 1. The summed E-state index contributed by atoms with van der Waals surface area (Å²) in [5.74, 6) is -1.42. The predicted octanol–water partition coefficient (Wildman–Crippen LogP) is 0.700. The van der Waals surface area contributed by atoms with Crippen LogP contribution in [0.4, 0.5) is 0 Å². The van der Waals surface area contributed by atoms with Crippen LogP contribution in [0.25, 0.3) is 0 Å². The van der Waals surface area contributed by atoms with Gasteiger partial charge in [0.1, 0.15) is 0 Å². The van der Waals surface area contributed by atoms with Crippen LogP contribution in [0.1, 0.15) is 30.1 Å². The number of pyridine rings is 1. The molecule has 2 heterocycles. The molecular formula is C13H16N2O4. The van der Waals surface area contributed by atoms with E-state index in [-0.39, 0.29) is 17.5 Å². The van der Waals surface area contributed by atoms with Crippen LogP contribution in [0.5, 0.6) is 0 Å². The molecule has 19 heavy (non-hydrogen) atoms. The summed E-state index contributed by atoms with van der Waals surface area (Å²) in [6.07, 6.45) is 2.34. The second-order valence-electron chi connectivity index (χ2n) is 4.85. The van der Waals surface area contributed by atoms with E-state index in [9.17, 15) is 14.4 Å². The predicted molar refractivity (Wildman–Crippen MR) is 67.9 cm³/mol. The minimum absolute atomic E-state index is 0.137. The maximum atomic E-state index is 12.3. The van der Waals surface area contributed by atoms with E-state index in [1.165, 1.54) is 12.3 Å². The highest BCUT2D eigenvalue weighted by Crippen LogP contribution is 2.24. The van der Waals surface area contributed by atoms with Crippen LogP contribution in [0, 0.1) is 5.92 Å². The summed E-state index contributed by atoms with van der Waals surface area (Å²) in [5.41, 5.74) is 0.0169. The molecule has 1 aromatic heterocycles. The van der Waals surface area contributed by atoms with Crippen molar-refractivity contribution in [2.24, 2.45) is 5.92 Å². The number of aliphatic carboxylic acids is 1. The lowest BCUT2D eigenvalue weighted by molar-refractivity contribution is -0.143. The van der Waals surface area contributed by atoms with Gasteiger partial charge in [-0.15, -0.1) is 0 Å². The zero-order chi connectivity index (χ0) is 14.0. The van der Waals surface area contributed by atoms with Crippen molar-refractivity contribution in [1.29, 1.82) is 0 Å². The normalized spacial score (nSPS) is 23.1. The lowest BCUT2D eigenvalue weighted by atomic mass is 9.91. The molecule has 1 saturated heterocycles. The second kappa shape index (κ2) is 5.26. The number of piperidine rings is 1. The molecule has 1 fully saturated rings. The number of amides is 1. The van der Waals surface area contributed by atoms with Gasteiger partial charge in [-0.1, -0.05) is 0 Å². The molecule has 6 heteroatoms. The molecular weight excluding hydrogens is 248 g/mol. The molecule has 102 valence electrons. The van der Waals surface area contributed by atoms with Gasteiger partial charge in [0.2, 0.25) is 5.56 Å². The lowest BCUT2D eigenvalue weighted by Gasteiger charge is -2.36. The Hall–Kier alpha value is -2.11. The van der Waals surface area contributed by atoms with E-state index in [0.717, 1.165) is 0 Å². The van der Waals surface area contributed by atoms with E-state index in [4.69, 9.17) is 5.11 Å². The first-order valence-corrected chi connectivity index (χ1v) is 6.21. The molecule has 2 unspecified atom stereocenters. The van der Waals surface area contributed by atoms with Crippen molar-refractivity contribution in [3.63, 3.8) is 0 Å². The summed E-state index contributed by atoms with van der Waals surface area (Å²) in [6.45, 7) is 2.24. The van der Waals surface area contributed by atoms with Crippen molar-refractivity contribution < 1.29 is 14.7 Å². The first kappa shape index (κ1) is 13.3. The first-order chi connectivity index (χ1) is 8.99. The summed E-state index contributed by atoms with van der Waals surface area (Å²) in [6, 6.07) is 2.68. The Labute approximate surface area is 110 Å². The lowest BCUT2D eigenvalue weighted by Crippen LogP contribution is -2.46. The third-order valence-corrected chi connectivity index (χ3v) is 3.51. The first-order valence-electron chi connectivity index (χ1n) is 6.21. The zero-order valence-corrected chi connectivity index (χ0v) is 10.6. The monoisotopic (exact) mass is 264 g/mol. The van der Waals surface area contributed by atoms with Gasteiger partial charge in [0.05, 0.1) is 5.92 Å². The number of hydrogen-bond donors (Lipinski definition) is 2. The number of carbonyl (C=O) groups is 2. The maximum absolute atomic E-state index is 12.3. The highest BCUT2D eigenvalue weighted by molar-refractivity contribution is 5.94. The van der Waals surface area contributed by atoms with E-state index in [0.29, 0.717) is 24.9 Å². The third kappa shape index (κ3) is 2.83. The van der Waals surface area contributed by atoms with Gasteiger partial charge in [-0.3, -0.25) is 14.4 Å². The molecule has 0 spiro atoms. The molecule has 0 aromatic carbocycles. The molecule has 0 radical (unpaired) electrons. The van der Waals surface area contributed by atoms with Crippen molar-refractivity contribution in [3.05, 3.63) is 34.2 Å². The van der Waals surface area contributed by atoms with Gasteiger partial charge in [0.25, 0.3) is 5.91 Å². The Morgan fingerprint density at radius 1 is 1.47 bits per heavy atom. The Morgan fingerprint density at radius 2 is 2.21 bits per heavy atom. The zero-order valence-electron chi connectivity index (χ0n) is 10.6. The largest absolute Gasteiger partial charge is 0.481 e. The molecule has 1 amide bonds. The second-order valence-corrected chi connectivity index (χ2v) is 4.85. The fraction of sp³-hybridized carbons (Fsp3) is 0.462. The van der Waals surface area contributed by atoms with Crippen LogP contribution in [-0.4, -0.2) is 39.5 Å². The average Bonchev–Trinajstić information content (AvgIpc) is 2.37. The number of likely N-dealkylation sites (tertiary alicyclic amines) is 1. The Balaban J connectivity index is 2.13. The Kier molecular flexibility index (Phi) is 3.69. The maximum Gasteiger partial charge on any atom is 0.306 e. The minimum Gasteiger partial charge on any atom is -0.481 e. The van der Waals surface area contributed by atoms with Crippen LogP contribution in [0.3, 0.4) is 0 Å². The van der Waals surface area contributed by atoms with Crippen molar-refractivity contribution in [2.75, 3.05) is 6.54 Å². The van der Waals surface area contributed by atoms with Gasteiger partial charge >= 0.3 is 5.97 Å². The number of H-pyrrole nitrogens is 1. The fourth-order valence-electron chi connectivity index (χ4n) is 2.44. The average molecular weight is 264 g/mol. The molecule has 6 nitrogen and oxygen atoms in total. The molecule has 2 N–H and O–H groups in total. The smallest absolute Gasteiger partial charge is 0.306 e. The van der Waals surface area contributed by atoms with Gasteiger partial charge in [0, 0.05) is 30.4 Å². The topological polar surface area (TPSA) is 90.5 Å². The molecule has 0 aliphatic carbocycles. The van der Waals surface area contributed by atoms with Gasteiger partial charge in [-0.25, -0.2) is 0 Å². The van der Waals surface area contributed by atoms with Gasteiger partial charge in [0.15, 0.2) is 0 Å².